The number of methoxy groups -OCH3 is 1. The average molecular weight is 304 g/mol. The molecule has 0 aromatic heterocycles. The van der Waals surface area contributed by atoms with Gasteiger partial charge < -0.3 is 10.1 Å². The van der Waals surface area contributed by atoms with Crippen molar-refractivity contribution in [2.75, 3.05) is 27.2 Å². The average Bonchev–Trinajstić information content (AvgIpc) is 2.42. The Morgan fingerprint density at radius 2 is 1.76 bits per heavy atom. The quantitative estimate of drug-likeness (QED) is 0.837. The van der Waals surface area contributed by atoms with E-state index in [4.69, 9.17) is 4.74 Å². The van der Waals surface area contributed by atoms with E-state index in [-0.39, 0.29) is 12.1 Å². The number of rotatable bonds is 7. The van der Waals surface area contributed by atoms with Gasteiger partial charge in [0.25, 0.3) is 0 Å². The Morgan fingerprint density at radius 3 is 2.14 bits per heavy atom. The second-order valence-corrected chi connectivity index (χ2v) is 5.25. The number of ether oxygens (including phenoxy) is 1. The van der Waals surface area contributed by atoms with E-state index < -0.39 is 12.7 Å². The van der Waals surface area contributed by atoms with Crippen molar-refractivity contribution in [3.63, 3.8) is 0 Å². The van der Waals surface area contributed by atoms with Gasteiger partial charge in [-0.05, 0) is 38.6 Å². The highest BCUT2D eigenvalue weighted by molar-refractivity contribution is 5.29. The molecule has 0 amide bonds. The third-order valence-corrected chi connectivity index (χ3v) is 3.40. The minimum absolute atomic E-state index is 0.166. The summed E-state index contributed by atoms with van der Waals surface area (Å²) in [6.45, 7) is 2.93. The monoisotopic (exact) mass is 304 g/mol. The maximum Gasteiger partial charge on any atom is 0.401 e. The number of nitrogens with one attached hydrogen (secondary N) is 1. The standard InChI is InChI=1S/C15H23F3N2O/c1-11(2)20(10-15(16,17)18)9-14(19-3)12-5-7-13(21-4)8-6-12/h5-8,11,14,19H,9-10H2,1-4H3. The largest absolute Gasteiger partial charge is 0.497 e. The molecular formula is C15H23F3N2O. The van der Waals surface area contributed by atoms with Gasteiger partial charge in [0.05, 0.1) is 13.7 Å². The highest BCUT2D eigenvalue weighted by Crippen LogP contribution is 2.22. The van der Waals surface area contributed by atoms with Gasteiger partial charge in [-0.2, -0.15) is 13.2 Å². The van der Waals surface area contributed by atoms with Crippen molar-refractivity contribution < 1.29 is 17.9 Å². The third kappa shape index (κ3) is 5.93. The number of alkyl halides is 3. The van der Waals surface area contributed by atoms with Gasteiger partial charge in [-0.25, -0.2) is 0 Å². The van der Waals surface area contributed by atoms with Crippen LogP contribution in [0.4, 0.5) is 13.2 Å². The van der Waals surface area contributed by atoms with Crippen LogP contribution in [0.15, 0.2) is 24.3 Å². The lowest BCUT2D eigenvalue weighted by Gasteiger charge is -2.31. The molecule has 1 aromatic carbocycles. The molecule has 0 saturated carbocycles. The topological polar surface area (TPSA) is 24.5 Å². The molecule has 1 rings (SSSR count). The number of likely N-dealkylation sites (N-methyl/N-ethyl adjacent to an activating group) is 1. The van der Waals surface area contributed by atoms with Crippen LogP contribution in [-0.2, 0) is 0 Å². The van der Waals surface area contributed by atoms with E-state index in [0.29, 0.717) is 6.54 Å². The summed E-state index contributed by atoms with van der Waals surface area (Å²) >= 11 is 0. The number of benzene rings is 1. The first-order chi connectivity index (χ1) is 9.76. The molecule has 0 fully saturated rings. The lowest BCUT2D eigenvalue weighted by Crippen LogP contribution is -2.43. The smallest absolute Gasteiger partial charge is 0.401 e. The van der Waals surface area contributed by atoms with E-state index in [2.05, 4.69) is 5.32 Å². The molecule has 120 valence electrons. The van der Waals surface area contributed by atoms with Crippen molar-refractivity contribution >= 4 is 0 Å². The first kappa shape index (κ1) is 17.8. The van der Waals surface area contributed by atoms with Crippen molar-refractivity contribution in [1.29, 1.82) is 0 Å². The molecule has 0 aliphatic rings. The Hall–Kier alpha value is -1.27. The molecule has 3 nitrogen and oxygen atoms in total. The molecule has 0 saturated heterocycles. The van der Waals surface area contributed by atoms with E-state index in [1.807, 2.05) is 24.3 Å². The summed E-state index contributed by atoms with van der Waals surface area (Å²) in [4.78, 5) is 1.42. The van der Waals surface area contributed by atoms with Crippen LogP contribution in [0.3, 0.4) is 0 Å². The van der Waals surface area contributed by atoms with Gasteiger partial charge in [0.2, 0.25) is 0 Å². The first-order valence-electron chi connectivity index (χ1n) is 6.89. The minimum Gasteiger partial charge on any atom is -0.497 e. The fraction of sp³-hybridized carbons (Fsp3) is 0.600. The van der Waals surface area contributed by atoms with Crippen LogP contribution in [0.2, 0.25) is 0 Å². The summed E-state index contributed by atoms with van der Waals surface area (Å²) in [6.07, 6.45) is -4.19. The lowest BCUT2D eigenvalue weighted by atomic mass is 10.1. The van der Waals surface area contributed by atoms with Crippen LogP contribution < -0.4 is 10.1 Å². The van der Waals surface area contributed by atoms with Crippen LogP contribution in [0.5, 0.6) is 5.75 Å². The van der Waals surface area contributed by atoms with E-state index >= 15 is 0 Å². The molecule has 0 spiro atoms. The zero-order valence-electron chi connectivity index (χ0n) is 12.9. The van der Waals surface area contributed by atoms with Crippen molar-refractivity contribution in [1.82, 2.24) is 10.2 Å². The number of hydrogen-bond donors (Lipinski definition) is 1. The van der Waals surface area contributed by atoms with Crippen LogP contribution in [0.1, 0.15) is 25.5 Å². The molecular weight excluding hydrogens is 281 g/mol. The number of hydrogen-bond acceptors (Lipinski definition) is 3. The van der Waals surface area contributed by atoms with E-state index in [9.17, 15) is 13.2 Å². The van der Waals surface area contributed by atoms with Gasteiger partial charge in [0.1, 0.15) is 5.75 Å². The van der Waals surface area contributed by atoms with Gasteiger partial charge in [0, 0.05) is 18.6 Å². The lowest BCUT2D eigenvalue weighted by molar-refractivity contribution is -0.150. The molecule has 1 aromatic rings. The molecule has 0 aliphatic heterocycles. The van der Waals surface area contributed by atoms with Gasteiger partial charge >= 0.3 is 6.18 Å². The molecule has 0 heterocycles. The Labute approximate surface area is 124 Å². The predicted molar refractivity (Wildman–Crippen MR) is 77.6 cm³/mol. The summed E-state index contributed by atoms with van der Waals surface area (Å²) in [5, 5.41) is 3.08. The zero-order chi connectivity index (χ0) is 16.0. The van der Waals surface area contributed by atoms with Crippen molar-refractivity contribution in [3.05, 3.63) is 29.8 Å². The van der Waals surface area contributed by atoms with Crippen molar-refractivity contribution in [3.8, 4) is 5.75 Å². The second kappa shape index (κ2) is 7.66. The van der Waals surface area contributed by atoms with E-state index in [0.717, 1.165) is 11.3 Å². The fourth-order valence-corrected chi connectivity index (χ4v) is 2.12. The summed E-state index contributed by atoms with van der Waals surface area (Å²) in [6, 6.07) is 7.01. The highest BCUT2D eigenvalue weighted by Gasteiger charge is 2.32. The summed E-state index contributed by atoms with van der Waals surface area (Å²) in [5.41, 5.74) is 0.936. The molecule has 1 atom stereocenters. The number of nitrogens with zero attached hydrogens (tertiary/aromatic N) is 1. The van der Waals surface area contributed by atoms with E-state index in [1.165, 1.54) is 4.90 Å². The normalized spacial score (nSPS) is 13.8. The van der Waals surface area contributed by atoms with E-state index in [1.54, 1.807) is 28.0 Å². The summed E-state index contributed by atoms with van der Waals surface area (Å²) < 4.78 is 43.0. The summed E-state index contributed by atoms with van der Waals surface area (Å²) in [7, 11) is 3.33. The van der Waals surface area contributed by atoms with Crippen molar-refractivity contribution in [2.45, 2.75) is 32.1 Å². The summed E-state index contributed by atoms with van der Waals surface area (Å²) in [5.74, 6) is 0.726. The zero-order valence-corrected chi connectivity index (χ0v) is 12.9. The Kier molecular flexibility index (Phi) is 6.48. The molecule has 0 aliphatic carbocycles. The highest BCUT2D eigenvalue weighted by atomic mass is 19.4. The number of halogens is 3. The minimum atomic E-state index is -4.19. The SMILES string of the molecule is CNC(CN(CC(F)(F)F)C(C)C)c1ccc(OC)cc1. The van der Waals surface area contributed by atoms with Crippen LogP contribution in [0.25, 0.3) is 0 Å². The van der Waals surface area contributed by atoms with Crippen LogP contribution in [-0.4, -0.2) is 44.4 Å². The molecule has 1 N–H and O–H groups in total. The predicted octanol–water partition coefficient (Wildman–Crippen LogP) is 3.23. The molecule has 0 radical (unpaired) electrons. The van der Waals surface area contributed by atoms with Gasteiger partial charge in [-0.3, -0.25) is 4.90 Å². The van der Waals surface area contributed by atoms with Crippen molar-refractivity contribution in [2.24, 2.45) is 0 Å². The van der Waals surface area contributed by atoms with Gasteiger partial charge in [-0.15, -0.1) is 0 Å². The van der Waals surface area contributed by atoms with Crippen LogP contribution in [0, 0.1) is 0 Å². The molecule has 1 unspecified atom stereocenters. The maximum absolute atomic E-state index is 12.6. The molecule has 0 bridgehead atoms. The maximum atomic E-state index is 12.6. The Bertz CT molecular complexity index is 418. The molecule has 6 heteroatoms. The van der Waals surface area contributed by atoms with Gasteiger partial charge in [0.15, 0.2) is 0 Å². The molecule has 21 heavy (non-hydrogen) atoms. The second-order valence-electron chi connectivity index (χ2n) is 5.25. The Balaban J connectivity index is 2.82. The van der Waals surface area contributed by atoms with Gasteiger partial charge in [-0.1, -0.05) is 12.1 Å². The third-order valence-electron chi connectivity index (χ3n) is 3.40. The Morgan fingerprint density at radius 1 is 1.19 bits per heavy atom. The fourth-order valence-electron chi connectivity index (χ4n) is 2.12. The first-order valence-corrected chi connectivity index (χ1v) is 6.89. The van der Waals surface area contributed by atoms with Crippen LogP contribution >= 0.6 is 0 Å².